The van der Waals surface area contributed by atoms with Gasteiger partial charge in [0.2, 0.25) is 0 Å². The van der Waals surface area contributed by atoms with Crippen LogP contribution in [0, 0.1) is 6.92 Å². The van der Waals surface area contributed by atoms with Crippen LogP contribution in [-0.2, 0) is 18.3 Å². The Morgan fingerprint density at radius 1 is 1.02 bits per heavy atom. The minimum Gasteiger partial charge on any atom is -0.481 e. The highest BCUT2D eigenvalue weighted by Gasteiger charge is 2.20. The van der Waals surface area contributed by atoms with Gasteiger partial charge in [0.1, 0.15) is 10.7 Å². The molecule has 0 atom stereocenters. The number of carboxylic acid groups (broad SMARTS) is 1. The first-order valence-corrected chi connectivity index (χ1v) is 14.6. The topological polar surface area (TPSA) is 101 Å². The Morgan fingerprint density at radius 2 is 1.71 bits per heavy atom. The van der Waals surface area contributed by atoms with Crippen LogP contribution in [0.4, 0.5) is 0 Å². The highest BCUT2D eigenvalue weighted by molar-refractivity contribution is 7.22. The number of hydrogen-bond acceptors (Lipinski definition) is 6. The molecule has 6 rings (SSSR count). The van der Waals surface area contributed by atoms with Gasteiger partial charge in [-0.05, 0) is 80.8 Å². The maximum atomic E-state index is 11.7. The minimum atomic E-state index is -0.872. The van der Waals surface area contributed by atoms with E-state index in [9.17, 15) is 9.90 Å². The van der Waals surface area contributed by atoms with Gasteiger partial charge in [-0.1, -0.05) is 41.9 Å². The third-order valence-corrected chi connectivity index (χ3v) is 7.87. The van der Waals surface area contributed by atoms with Crippen LogP contribution in [0.2, 0.25) is 5.02 Å². The molecule has 0 saturated heterocycles. The lowest BCUT2D eigenvalue weighted by Gasteiger charge is -2.13. The third kappa shape index (κ3) is 6.36. The van der Waals surface area contributed by atoms with E-state index in [1.807, 2.05) is 79.3 Å². The van der Waals surface area contributed by atoms with Gasteiger partial charge in [-0.2, -0.15) is 5.10 Å². The Kier molecular flexibility index (Phi) is 8.14. The highest BCUT2D eigenvalue weighted by atomic mass is 35.5. The summed E-state index contributed by atoms with van der Waals surface area (Å²) in [6, 6.07) is 21.5. The minimum absolute atomic E-state index is 0.0703. The van der Waals surface area contributed by atoms with Gasteiger partial charge in [-0.25, -0.2) is 4.98 Å². The van der Waals surface area contributed by atoms with Crippen molar-refractivity contribution in [1.82, 2.24) is 19.7 Å². The quantitative estimate of drug-likeness (QED) is 0.209. The molecule has 7 nitrogen and oxygen atoms in total. The lowest BCUT2D eigenvalue weighted by atomic mass is 9.93. The van der Waals surface area contributed by atoms with E-state index in [2.05, 4.69) is 11.1 Å². The fourth-order valence-electron chi connectivity index (χ4n) is 4.76. The van der Waals surface area contributed by atoms with Gasteiger partial charge < -0.3 is 10.2 Å². The standard InChI is InChI=1S/C29H21ClN4O2S.C4H10O/c1-16-13-23-28(26(21(16)15-25(35)36)17-7-9-19(30)10-8-17)37-29(32-23)18-11-12-31-22(14-18)27-20-5-3-4-6-24(20)34(2)33-27;1-4(2,3)5/h3-14H,15H2,1-2H3,(H,35,36);5H,1-3H3. The number of aliphatic hydroxyl groups is 1. The Hall–Kier alpha value is -4.11. The number of rotatable bonds is 5. The molecule has 0 spiro atoms. The second kappa shape index (κ2) is 11.6. The molecule has 0 bridgehead atoms. The number of fused-ring (bicyclic) bond motifs is 2. The van der Waals surface area contributed by atoms with Gasteiger partial charge in [0, 0.05) is 34.8 Å². The van der Waals surface area contributed by atoms with E-state index in [0.29, 0.717) is 5.02 Å². The van der Waals surface area contributed by atoms with E-state index in [0.717, 1.165) is 65.3 Å². The number of aromatic nitrogens is 4. The molecule has 9 heteroatoms. The number of nitrogens with zero attached hydrogens (tertiary/aromatic N) is 4. The number of pyridine rings is 1. The summed E-state index contributed by atoms with van der Waals surface area (Å²) < 4.78 is 2.81. The van der Waals surface area contributed by atoms with Gasteiger partial charge in [0.15, 0.2) is 0 Å². The first-order valence-electron chi connectivity index (χ1n) is 13.4. The van der Waals surface area contributed by atoms with Crippen molar-refractivity contribution < 1.29 is 15.0 Å². The lowest BCUT2D eigenvalue weighted by molar-refractivity contribution is -0.136. The third-order valence-electron chi connectivity index (χ3n) is 6.48. The SMILES string of the molecule is CC(C)(C)O.Cc1cc2nc(-c3ccnc(-c4nn(C)c5ccccc45)c3)sc2c(-c2ccc(Cl)cc2)c1CC(=O)O. The lowest BCUT2D eigenvalue weighted by Crippen LogP contribution is -2.10. The Morgan fingerprint density at radius 3 is 2.40 bits per heavy atom. The number of aryl methyl sites for hydroxylation is 2. The van der Waals surface area contributed by atoms with E-state index in [-0.39, 0.29) is 6.42 Å². The number of carboxylic acids is 1. The Balaban J connectivity index is 0.000000652. The van der Waals surface area contributed by atoms with Crippen LogP contribution < -0.4 is 0 Å². The van der Waals surface area contributed by atoms with Crippen molar-refractivity contribution in [3.8, 4) is 33.1 Å². The molecule has 0 radical (unpaired) electrons. The number of aliphatic carboxylic acids is 1. The fraction of sp³-hybridized carbons (Fsp3) is 0.212. The van der Waals surface area contributed by atoms with Gasteiger partial charge in [0.05, 0.1) is 33.4 Å². The maximum Gasteiger partial charge on any atom is 0.307 e. The summed E-state index contributed by atoms with van der Waals surface area (Å²) >= 11 is 7.69. The van der Waals surface area contributed by atoms with Crippen molar-refractivity contribution in [2.75, 3.05) is 0 Å². The van der Waals surface area contributed by atoms with Gasteiger partial charge >= 0.3 is 5.97 Å². The first-order chi connectivity index (χ1) is 19.9. The van der Waals surface area contributed by atoms with Crippen LogP contribution in [0.15, 0.2) is 72.9 Å². The predicted octanol–water partition coefficient (Wildman–Crippen LogP) is 7.95. The zero-order valence-electron chi connectivity index (χ0n) is 24.0. The van der Waals surface area contributed by atoms with Crippen LogP contribution in [0.3, 0.4) is 0 Å². The number of benzene rings is 3. The summed E-state index contributed by atoms with van der Waals surface area (Å²) in [6.45, 7) is 7.17. The zero-order valence-corrected chi connectivity index (χ0v) is 25.6. The summed E-state index contributed by atoms with van der Waals surface area (Å²) in [7, 11) is 1.93. The van der Waals surface area contributed by atoms with E-state index in [4.69, 9.17) is 26.8 Å². The molecule has 3 heterocycles. The Bertz CT molecular complexity index is 1910. The molecule has 0 fully saturated rings. The molecule has 0 aliphatic rings. The molecular formula is C33H31ClN4O3S. The van der Waals surface area contributed by atoms with E-state index < -0.39 is 11.6 Å². The number of thiazole rings is 1. The van der Waals surface area contributed by atoms with Gasteiger partial charge in [0.25, 0.3) is 0 Å². The van der Waals surface area contributed by atoms with Crippen molar-refractivity contribution in [2.24, 2.45) is 7.05 Å². The summed E-state index contributed by atoms with van der Waals surface area (Å²) in [5, 5.41) is 25.4. The molecule has 3 aromatic carbocycles. The highest BCUT2D eigenvalue weighted by Crippen LogP contribution is 2.41. The molecule has 2 N–H and O–H groups in total. The van der Waals surface area contributed by atoms with Crippen LogP contribution in [0.5, 0.6) is 0 Å². The predicted molar refractivity (Wildman–Crippen MR) is 171 cm³/mol. The smallest absolute Gasteiger partial charge is 0.307 e. The number of hydrogen-bond donors (Lipinski definition) is 2. The maximum absolute atomic E-state index is 11.7. The van der Waals surface area contributed by atoms with E-state index in [1.54, 1.807) is 38.3 Å². The molecule has 0 aliphatic heterocycles. The second-order valence-electron chi connectivity index (χ2n) is 11.1. The van der Waals surface area contributed by atoms with Crippen LogP contribution >= 0.6 is 22.9 Å². The van der Waals surface area contributed by atoms with Crippen molar-refractivity contribution in [2.45, 2.75) is 39.7 Å². The number of para-hydroxylation sites is 1. The number of halogens is 1. The number of carbonyl (C=O) groups is 1. The summed E-state index contributed by atoms with van der Waals surface area (Å²) in [4.78, 5) is 21.3. The zero-order chi connectivity index (χ0) is 30.2. The Labute approximate surface area is 253 Å². The average molecular weight is 599 g/mol. The van der Waals surface area contributed by atoms with Crippen LogP contribution in [0.1, 0.15) is 31.9 Å². The molecule has 0 saturated carbocycles. The summed E-state index contributed by atoms with van der Waals surface area (Å²) in [5.41, 5.74) is 7.39. The van der Waals surface area contributed by atoms with E-state index in [1.165, 1.54) is 0 Å². The molecule has 214 valence electrons. The normalized spacial score (nSPS) is 11.5. The van der Waals surface area contributed by atoms with E-state index >= 15 is 0 Å². The second-order valence-corrected chi connectivity index (χ2v) is 12.5. The molecule has 0 aliphatic carbocycles. The van der Waals surface area contributed by atoms with Crippen molar-refractivity contribution in [3.05, 3.63) is 89.1 Å². The van der Waals surface area contributed by atoms with Crippen LogP contribution in [0.25, 0.3) is 54.2 Å². The van der Waals surface area contributed by atoms with Gasteiger partial charge in [-0.15, -0.1) is 11.3 Å². The fourth-order valence-corrected chi connectivity index (χ4v) is 6.02. The summed E-state index contributed by atoms with van der Waals surface area (Å²) in [6.07, 6.45) is 1.71. The average Bonchev–Trinajstić information content (AvgIpc) is 3.50. The molecule has 0 amide bonds. The van der Waals surface area contributed by atoms with Crippen molar-refractivity contribution in [3.63, 3.8) is 0 Å². The summed E-state index contributed by atoms with van der Waals surface area (Å²) in [5.74, 6) is -0.872. The molecular weight excluding hydrogens is 568 g/mol. The largest absolute Gasteiger partial charge is 0.481 e. The van der Waals surface area contributed by atoms with Gasteiger partial charge in [-0.3, -0.25) is 14.5 Å². The van der Waals surface area contributed by atoms with Crippen molar-refractivity contribution >= 4 is 50.0 Å². The molecule has 42 heavy (non-hydrogen) atoms. The molecule has 0 unspecified atom stereocenters. The first kappa shape index (κ1) is 29.4. The monoisotopic (exact) mass is 598 g/mol. The molecule has 3 aromatic heterocycles. The van der Waals surface area contributed by atoms with Crippen molar-refractivity contribution in [1.29, 1.82) is 0 Å². The molecule has 6 aromatic rings. The van der Waals surface area contributed by atoms with Crippen LogP contribution in [-0.4, -0.2) is 41.5 Å².